The van der Waals surface area contributed by atoms with Crippen molar-refractivity contribution in [2.45, 2.75) is 49.5 Å². The number of ketones is 1. The lowest BCUT2D eigenvalue weighted by atomic mass is 9.92. The number of piperidine rings is 1. The number of thioether (sulfide) groups is 1. The monoisotopic (exact) mass is 322 g/mol. The number of methoxy groups -OCH3 is 1. The van der Waals surface area contributed by atoms with E-state index in [1.165, 1.54) is 32.2 Å². The van der Waals surface area contributed by atoms with Crippen LogP contribution in [0.15, 0.2) is 11.3 Å². The zero-order valence-electron chi connectivity index (χ0n) is 13.3. The molecule has 2 aliphatic rings. The molecule has 22 heavy (non-hydrogen) atoms. The Balaban J connectivity index is 2.42. The SMILES string of the molecule is COC(=O)C1(C(C)=O)CC(C#N)=C(N2CCCCC2)C(C)S1. The summed E-state index contributed by atoms with van der Waals surface area (Å²) in [6.07, 6.45) is 3.59. The summed E-state index contributed by atoms with van der Waals surface area (Å²) >= 11 is 1.32. The van der Waals surface area contributed by atoms with Crippen molar-refractivity contribution in [3.05, 3.63) is 11.3 Å². The number of nitriles is 1. The number of nitrogens with zero attached hydrogens (tertiary/aromatic N) is 2. The fraction of sp³-hybridized carbons (Fsp3) is 0.688. The average molecular weight is 322 g/mol. The Morgan fingerprint density at radius 2 is 2.00 bits per heavy atom. The predicted octanol–water partition coefficient (Wildman–Crippen LogP) is 2.28. The smallest absolute Gasteiger partial charge is 0.329 e. The van der Waals surface area contributed by atoms with E-state index in [4.69, 9.17) is 4.74 Å². The van der Waals surface area contributed by atoms with Crippen LogP contribution in [0.5, 0.6) is 0 Å². The first-order valence-corrected chi connectivity index (χ1v) is 8.49. The molecule has 120 valence electrons. The van der Waals surface area contributed by atoms with Gasteiger partial charge in [-0.1, -0.05) is 0 Å². The zero-order chi connectivity index (χ0) is 16.3. The first-order valence-electron chi connectivity index (χ1n) is 7.61. The van der Waals surface area contributed by atoms with Crippen molar-refractivity contribution in [3.8, 4) is 6.07 Å². The largest absolute Gasteiger partial charge is 0.468 e. The Morgan fingerprint density at radius 1 is 1.36 bits per heavy atom. The average Bonchev–Trinajstić information content (AvgIpc) is 2.53. The van der Waals surface area contributed by atoms with Crippen LogP contribution in [-0.4, -0.2) is 46.8 Å². The maximum Gasteiger partial charge on any atom is 0.329 e. The van der Waals surface area contributed by atoms with Crippen LogP contribution in [0, 0.1) is 11.3 Å². The van der Waals surface area contributed by atoms with Crippen molar-refractivity contribution in [2.24, 2.45) is 0 Å². The van der Waals surface area contributed by atoms with Crippen molar-refractivity contribution in [3.63, 3.8) is 0 Å². The molecule has 2 heterocycles. The van der Waals surface area contributed by atoms with Gasteiger partial charge in [0.1, 0.15) is 0 Å². The topological polar surface area (TPSA) is 70.4 Å². The van der Waals surface area contributed by atoms with Crippen LogP contribution in [0.25, 0.3) is 0 Å². The summed E-state index contributed by atoms with van der Waals surface area (Å²) in [7, 11) is 1.29. The first kappa shape index (κ1) is 16.9. The van der Waals surface area contributed by atoms with Gasteiger partial charge in [0.25, 0.3) is 0 Å². The maximum atomic E-state index is 12.2. The minimum Gasteiger partial charge on any atom is -0.468 e. The second-order valence-corrected chi connectivity index (χ2v) is 7.47. The minimum absolute atomic E-state index is 0.0792. The van der Waals surface area contributed by atoms with Gasteiger partial charge in [-0.15, -0.1) is 11.8 Å². The molecule has 0 amide bonds. The number of allylic oxidation sites excluding steroid dienone is 1. The Morgan fingerprint density at radius 3 is 2.50 bits per heavy atom. The van der Waals surface area contributed by atoms with Gasteiger partial charge in [0.2, 0.25) is 0 Å². The Labute approximate surface area is 135 Å². The normalized spacial score (nSPS) is 29.0. The molecule has 0 spiro atoms. The second kappa shape index (κ2) is 6.74. The van der Waals surface area contributed by atoms with E-state index in [2.05, 4.69) is 11.0 Å². The van der Waals surface area contributed by atoms with E-state index >= 15 is 0 Å². The molecule has 1 saturated heterocycles. The molecule has 0 saturated carbocycles. The molecule has 1 fully saturated rings. The molecule has 2 unspecified atom stereocenters. The second-order valence-electron chi connectivity index (χ2n) is 5.83. The number of likely N-dealkylation sites (tertiary alicyclic amines) is 1. The van der Waals surface area contributed by atoms with E-state index in [1.807, 2.05) is 6.92 Å². The summed E-state index contributed by atoms with van der Waals surface area (Å²) in [6, 6.07) is 2.23. The number of ether oxygens (including phenoxy) is 1. The first-order chi connectivity index (χ1) is 10.5. The predicted molar refractivity (Wildman–Crippen MR) is 85.2 cm³/mol. The Kier molecular flexibility index (Phi) is 5.17. The molecule has 0 aromatic heterocycles. The van der Waals surface area contributed by atoms with Gasteiger partial charge in [0, 0.05) is 30.5 Å². The molecule has 2 atom stereocenters. The summed E-state index contributed by atoms with van der Waals surface area (Å²) in [5, 5.41) is 9.49. The third-order valence-corrected chi connectivity index (χ3v) is 5.99. The van der Waals surface area contributed by atoms with Gasteiger partial charge in [-0.05, 0) is 33.1 Å². The molecule has 5 nitrogen and oxygen atoms in total. The minimum atomic E-state index is -1.28. The van der Waals surface area contributed by atoms with Crippen molar-refractivity contribution in [1.82, 2.24) is 4.90 Å². The third-order valence-electron chi connectivity index (χ3n) is 4.41. The Bertz CT molecular complexity index is 546. The lowest BCUT2D eigenvalue weighted by Crippen LogP contribution is -2.49. The molecule has 0 aliphatic carbocycles. The van der Waals surface area contributed by atoms with Gasteiger partial charge in [-0.2, -0.15) is 5.26 Å². The number of hydrogen-bond donors (Lipinski definition) is 0. The van der Waals surface area contributed by atoms with E-state index in [1.54, 1.807) is 0 Å². The molecule has 2 aliphatic heterocycles. The highest BCUT2D eigenvalue weighted by Crippen LogP contribution is 2.46. The molecule has 0 bridgehead atoms. The van der Waals surface area contributed by atoms with Gasteiger partial charge in [-0.3, -0.25) is 9.59 Å². The van der Waals surface area contributed by atoms with Crippen molar-refractivity contribution in [2.75, 3.05) is 20.2 Å². The summed E-state index contributed by atoms with van der Waals surface area (Å²) in [5.41, 5.74) is 1.54. The molecular weight excluding hydrogens is 300 g/mol. The van der Waals surface area contributed by atoms with E-state index < -0.39 is 10.7 Å². The fourth-order valence-electron chi connectivity index (χ4n) is 3.30. The summed E-state index contributed by atoms with van der Waals surface area (Å²) in [6.45, 7) is 5.25. The van der Waals surface area contributed by atoms with Crippen LogP contribution in [0.4, 0.5) is 0 Å². The Hall–Kier alpha value is -1.48. The summed E-state index contributed by atoms with van der Waals surface area (Å²) in [5.74, 6) is -0.802. The van der Waals surface area contributed by atoms with Crippen molar-refractivity contribution in [1.29, 1.82) is 5.26 Å². The van der Waals surface area contributed by atoms with Crippen LogP contribution >= 0.6 is 11.8 Å². The quantitative estimate of drug-likeness (QED) is 0.586. The van der Waals surface area contributed by atoms with E-state index in [0.717, 1.165) is 31.6 Å². The van der Waals surface area contributed by atoms with Crippen LogP contribution in [0.3, 0.4) is 0 Å². The molecular formula is C16H22N2O3S. The molecule has 0 aromatic rings. The number of carbonyl (C=O) groups is 2. The lowest BCUT2D eigenvalue weighted by molar-refractivity contribution is -0.146. The summed E-state index contributed by atoms with van der Waals surface area (Å²) < 4.78 is 3.57. The maximum absolute atomic E-state index is 12.2. The zero-order valence-corrected chi connectivity index (χ0v) is 14.2. The number of Topliss-reactive ketones (excluding diaryl/α,β-unsaturated/α-hetero) is 1. The van der Waals surface area contributed by atoms with Gasteiger partial charge in [-0.25, -0.2) is 0 Å². The fourth-order valence-corrected chi connectivity index (χ4v) is 4.88. The standard InChI is InChI=1S/C16H22N2O3S/c1-11-14(18-7-5-4-6-8-18)13(10-17)9-16(22-11,12(2)19)15(20)21-3/h11H,4-9H2,1-3H3. The highest BCUT2D eigenvalue weighted by molar-refractivity contribution is 8.03. The van der Waals surface area contributed by atoms with Crippen LogP contribution in [-0.2, 0) is 14.3 Å². The van der Waals surface area contributed by atoms with Gasteiger partial charge < -0.3 is 9.64 Å². The van der Waals surface area contributed by atoms with Gasteiger partial charge in [0.05, 0.1) is 18.8 Å². The highest BCUT2D eigenvalue weighted by Gasteiger charge is 2.51. The van der Waals surface area contributed by atoms with Crippen LogP contribution in [0.2, 0.25) is 0 Å². The van der Waals surface area contributed by atoms with Crippen LogP contribution in [0.1, 0.15) is 39.5 Å². The van der Waals surface area contributed by atoms with Crippen molar-refractivity contribution < 1.29 is 14.3 Å². The molecule has 0 N–H and O–H groups in total. The van der Waals surface area contributed by atoms with E-state index in [-0.39, 0.29) is 17.5 Å². The van der Waals surface area contributed by atoms with Crippen molar-refractivity contribution >= 4 is 23.5 Å². The van der Waals surface area contributed by atoms with E-state index in [9.17, 15) is 14.9 Å². The number of carbonyl (C=O) groups excluding carboxylic acids is 2. The molecule has 6 heteroatoms. The lowest BCUT2D eigenvalue weighted by Gasteiger charge is -2.41. The molecule has 2 rings (SSSR count). The van der Waals surface area contributed by atoms with Crippen LogP contribution < -0.4 is 0 Å². The summed E-state index contributed by atoms with van der Waals surface area (Å²) in [4.78, 5) is 26.6. The van der Waals surface area contributed by atoms with Gasteiger partial charge in [0.15, 0.2) is 10.5 Å². The number of esters is 1. The van der Waals surface area contributed by atoms with Gasteiger partial charge >= 0.3 is 5.97 Å². The molecule has 0 radical (unpaired) electrons. The number of rotatable bonds is 3. The van der Waals surface area contributed by atoms with E-state index in [0.29, 0.717) is 5.57 Å². The molecule has 0 aromatic carbocycles. The number of hydrogen-bond acceptors (Lipinski definition) is 6. The third kappa shape index (κ3) is 2.87. The highest BCUT2D eigenvalue weighted by atomic mass is 32.2.